The van der Waals surface area contributed by atoms with E-state index in [2.05, 4.69) is 5.32 Å². The number of carbonyl (C=O) groups is 2. The molecule has 0 aliphatic rings. The minimum atomic E-state index is -0.436. The summed E-state index contributed by atoms with van der Waals surface area (Å²) in [4.78, 5) is 25.7. The Hall–Kier alpha value is -2.99. The summed E-state index contributed by atoms with van der Waals surface area (Å²) < 4.78 is 6.93. The average molecular weight is 381 g/mol. The van der Waals surface area contributed by atoms with E-state index < -0.39 is 5.97 Å². The van der Waals surface area contributed by atoms with Gasteiger partial charge in [0, 0.05) is 17.0 Å². The predicted molar refractivity (Wildman–Crippen MR) is 106 cm³/mol. The number of benzene rings is 1. The number of amides is 1. The topological polar surface area (TPSA) is 59.3 Å². The molecule has 2 aromatic heterocycles. The van der Waals surface area contributed by atoms with Crippen LogP contribution in [0.15, 0.2) is 60.9 Å². The van der Waals surface area contributed by atoms with E-state index >= 15 is 0 Å². The standard InChI is InChI=1S/C21H20N2O3S/c1-3-26-21(25)17-13-18(16-7-5-4-6-8-16)27-20(17)22-19(24)14-23-11-9-15(2)10-12-23/h4-13H,3,14H2,1-2H3/p+1. The summed E-state index contributed by atoms with van der Waals surface area (Å²) in [5.74, 6) is -0.634. The quantitative estimate of drug-likeness (QED) is 0.521. The number of anilines is 1. The fourth-order valence-electron chi connectivity index (χ4n) is 2.56. The van der Waals surface area contributed by atoms with E-state index in [1.54, 1.807) is 17.6 Å². The van der Waals surface area contributed by atoms with Gasteiger partial charge in [-0.1, -0.05) is 30.3 Å². The second kappa shape index (κ2) is 8.60. The zero-order chi connectivity index (χ0) is 19.2. The van der Waals surface area contributed by atoms with Crippen molar-refractivity contribution in [3.63, 3.8) is 0 Å². The number of aryl methyl sites for hydroxylation is 1. The minimum absolute atomic E-state index is 0.168. The number of thiophene rings is 1. The Morgan fingerprint density at radius 2 is 1.81 bits per heavy atom. The van der Waals surface area contributed by atoms with Crippen molar-refractivity contribution < 1.29 is 18.9 Å². The Kier molecular flexibility index (Phi) is 5.98. The predicted octanol–water partition coefficient (Wildman–Crippen LogP) is 3.83. The number of carbonyl (C=O) groups excluding carboxylic acids is 2. The molecule has 0 saturated heterocycles. The SMILES string of the molecule is CCOC(=O)c1cc(-c2ccccc2)sc1NC(=O)C[n+]1ccc(C)cc1. The van der Waals surface area contributed by atoms with Crippen LogP contribution in [0.4, 0.5) is 5.00 Å². The van der Waals surface area contributed by atoms with Crippen LogP contribution >= 0.6 is 11.3 Å². The molecule has 1 N–H and O–H groups in total. The Bertz CT molecular complexity index is 934. The van der Waals surface area contributed by atoms with E-state index in [-0.39, 0.29) is 19.1 Å². The van der Waals surface area contributed by atoms with Crippen molar-refractivity contribution in [2.75, 3.05) is 11.9 Å². The smallest absolute Gasteiger partial charge is 0.341 e. The van der Waals surface area contributed by atoms with Crippen molar-refractivity contribution in [1.82, 2.24) is 0 Å². The van der Waals surface area contributed by atoms with Gasteiger partial charge in [0.15, 0.2) is 12.4 Å². The molecule has 2 heterocycles. The lowest BCUT2D eigenvalue weighted by Crippen LogP contribution is -2.39. The highest BCUT2D eigenvalue weighted by molar-refractivity contribution is 7.20. The summed E-state index contributed by atoms with van der Waals surface area (Å²) in [6.07, 6.45) is 3.70. The van der Waals surface area contributed by atoms with E-state index in [1.165, 1.54) is 11.3 Å². The molecular weight excluding hydrogens is 360 g/mol. The summed E-state index contributed by atoms with van der Waals surface area (Å²) in [6.45, 7) is 4.20. The Morgan fingerprint density at radius 1 is 1.11 bits per heavy atom. The number of nitrogens with one attached hydrogen (secondary N) is 1. The molecule has 5 nitrogen and oxygen atoms in total. The van der Waals surface area contributed by atoms with Gasteiger partial charge in [-0.15, -0.1) is 11.3 Å². The largest absolute Gasteiger partial charge is 0.462 e. The first kappa shape index (κ1) is 18.8. The lowest BCUT2D eigenvalue weighted by molar-refractivity contribution is -0.684. The molecule has 6 heteroatoms. The average Bonchev–Trinajstić information content (AvgIpc) is 3.08. The molecule has 0 unspecified atom stereocenters. The molecule has 1 amide bonds. The van der Waals surface area contributed by atoms with Gasteiger partial charge >= 0.3 is 5.97 Å². The number of ether oxygens (including phenoxy) is 1. The van der Waals surface area contributed by atoms with Gasteiger partial charge in [-0.05, 0) is 31.0 Å². The van der Waals surface area contributed by atoms with Crippen molar-refractivity contribution in [1.29, 1.82) is 0 Å². The van der Waals surface area contributed by atoms with Gasteiger partial charge in [-0.25, -0.2) is 4.79 Å². The molecule has 27 heavy (non-hydrogen) atoms. The third kappa shape index (κ3) is 4.80. The van der Waals surface area contributed by atoms with Crippen LogP contribution in [0.5, 0.6) is 0 Å². The van der Waals surface area contributed by atoms with E-state index in [0.29, 0.717) is 10.6 Å². The van der Waals surface area contributed by atoms with Crippen LogP contribution in [0.3, 0.4) is 0 Å². The van der Waals surface area contributed by atoms with Crippen molar-refractivity contribution in [3.05, 3.63) is 72.1 Å². The third-order valence-electron chi connectivity index (χ3n) is 3.92. The molecule has 1 aromatic carbocycles. The highest BCUT2D eigenvalue weighted by Crippen LogP contribution is 2.35. The van der Waals surface area contributed by atoms with Gasteiger partial charge in [0.2, 0.25) is 6.54 Å². The molecule has 0 atom stereocenters. The molecule has 0 radical (unpaired) electrons. The number of pyridine rings is 1. The lowest BCUT2D eigenvalue weighted by atomic mass is 10.1. The summed E-state index contributed by atoms with van der Waals surface area (Å²) in [5.41, 5.74) is 2.49. The zero-order valence-corrected chi connectivity index (χ0v) is 16.1. The first-order valence-electron chi connectivity index (χ1n) is 8.68. The summed E-state index contributed by atoms with van der Waals surface area (Å²) in [6, 6.07) is 15.4. The highest BCUT2D eigenvalue weighted by Gasteiger charge is 2.21. The molecular formula is C21H21N2O3S+. The summed E-state index contributed by atoms with van der Waals surface area (Å²) >= 11 is 1.37. The first-order chi connectivity index (χ1) is 13.1. The number of aromatic nitrogens is 1. The normalized spacial score (nSPS) is 10.4. The number of hydrogen-bond acceptors (Lipinski definition) is 4. The van der Waals surface area contributed by atoms with Crippen LogP contribution in [0.1, 0.15) is 22.8 Å². The van der Waals surface area contributed by atoms with E-state index in [9.17, 15) is 9.59 Å². The fraction of sp³-hybridized carbons (Fsp3) is 0.190. The maximum Gasteiger partial charge on any atom is 0.341 e. The lowest BCUT2D eigenvalue weighted by Gasteiger charge is -2.04. The van der Waals surface area contributed by atoms with Crippen molar-refractivity contribution >= 4 is 28.2 Å². The Morgan fingerprint density at radius 3 is 2.48 bits per heavy atom. The van der Waals surface area contributed by atoms with Gasteiger partial charge in [0.1, 0.15) is 5.00 Å². The van der Waals surface area contributed by atoms with Crippen molar-refractivity contribution in [2.24, 2.45) is 0 Å². The van der Waals surface area contributed by atoms with Crippen LogP contribution < -0.4 is 9.88 Å². The Balaban J connectivity index is 1.83. The van der Waals surface area contributed by atoms with Crippen LogP contribution in [0.2, 0.25) is 0 Å². The second-order valence-electron chi connectivity index (χ2n) is 6.04. The first-order valence-corrected chi connectivity index (χ1v) is 9.50. The van der Waals surface area contributed by atoms with Crippen molar-refractivity contribution in [3.8, 4) is 10.4 Å². The number of nitrogens with zero attached hydrogens (tertiary/aromatic N) is 1. The van der Waals surface area contributed by atoms with Gasteiger partial charge in [-0.3, -0.25) is 4.79 Å². The van der Waals surface area contributed by atoms with Gasteiger partial charge in [0.05, 0.1) is 12.2 Å². The molecule has 0 spiro atoms. The van der Waals surface area contributed by atoms with E-state index in [4.69, 9.17) is 4.74 Å². The molecule has 0 bridgehead atoms. The maximum atomic E-state index is 12.5. The van der Waals surface area contributed by atoms with Crippen LogP contribution in [0, 0.1) is 6.92 Å². The second-order valence-corrected chi connectivity index (χ2v) is 7.09. The van der Waals surface area contributed by atoms with E-state index in [1.807, 2.05) is 61.8 Å². The van der Waals surface area contributed by atoms with Crippen LogP contribution in [0.25, 0.3) is 10.4 Å². The molecule has 138 valence electrons. The van der Waals surface area contributed by atoms with Crippen molar-refractivity contribution in [2.45, 2.75) is 20.4 Å². The van der Waals surface area contributed by atoms with Gasteiger partial charge in [0.25, 0.3) is 5.91 Å². The third-order valence-corrected chi connectivity index (χ3v) is 5.02. The van der Waals surface area contributed by atoms with E-state index in [0.717, 1.165) is 16.0 Å². The summed E-state index contributed by atoms with van der Waals surface area (Å²) in [5, 5.41) is 3.37. The minimum Gasteiger partial charge on any atom is -0.462 e. The van der Waals surface area contributed by atoms with Gasteiger partial charge < -0.3 is 10.1 Å². The monoisotopic (exact) mass is 381 g/mol. The highest BCUT2D eigenvalue weighted by atomic mass is 32.1. The number of esters is 1. The zero-order valence-electron chi connectivity index (χ0n) is 15.3. The molecule has 3 rings (SSSR count). The number of rotatable bonds is 6. The molecule has 0 aliphatic heterocycles. The summed E-state index contributed by atoms with van der Waals surface area (Å²) in [7, 11) is 0. The molecule has 0 fully saturated rings. The molecule has 0 aliphatic carbocycles. The maximum absolute atomic E-state index is 12.5. The van der Waals surface area contributed by atoms with Crippen LogP contribution in [-0.4, -0.2) is 18.5 Å². The Labute approximate surface area is 162 Å². The number of hydrogen-bond donors (Lipinski definition) is 1. The molecule has 3 aromatic rings. The van der Waals surface area contributed by atoms with Gasteiger partial charge in [-0.2, -0.15) is 4.57 Å². The fourth-order valence-corrected chi connectivity index (χ4v) is 3.63. The van der Waals surface area contributed by atoms with Crippen LogP contribution in [-0.2, 0) is 16.1 Å². The molecule has 0 saturated carbocycles.